The summed E-state index contributed by atoms with van der Waals surface area (Å²) in [5.74, 6) is 0.525. The third kappa shape index (κ3) is 4.44. The molecule has 1 heterocycles. The molecule has 6 nitrogen and oxygen atoms in total. The molecule has 0 aliphatic carbocycles. The van der Waals surface area contributed by atoms with E-state index in [1.54, 1.807) is 28.9 Å². The number of urea groups is 1. The van der Waals surface area contributed by atoms with E-state index in [0.717, 1.165) is 12.8 Å². The van der Waals surface area contributed by atoms with Gasteiger partial charge in [0.25, 0.3) is 0 Å². The van der Waals surface area contributed by atoms with Gasteiger partial charge in [-0.2, -0.15) is 5.10 Å². The summed E-state index contributed by atoms with van der Waals surface area (Å²) in [6, 6.07) is 1.51. The Kier molecular flexibility index (Phi) is 5.48. The smallest absolute Gasteiger partial charge is 0.323 e. The standard InChI is InChI=1S/C11H20N4O2/c1-3-4-6-15(8-9-16)11(17)12-10-5-7-14(2)13-10/h5,7,16H,3-4,6,8-9H2,1-2H3,(H,12,13,17). The molecular formula is C11H20N4O2. The molecule has 2 N–H and O–H groups in total. The van der Waals surface area contributed by atoms with Crippen LogP contribution in [0, 0.1) is 0 Å². The van der Waals surface area contributed by atoms with Gasteiger partial charge in [-0.25, -0.2) is 4.79 Å². The van der Waals surface area contributed by atoms with Crippen LogP contribution < -0.4 is 5.32 Å². The number of aliphatic hydroxyl groups is 1. The molecule has 0 saturated carbocycles. The second-order valence-corrected chi connectivity index (χ2v) is 3.87. The van der Waals surface area contributed by atoms with E-state index >= 15 is 0 Å². The maximum atomic E-state index is 11.9. The Morgan fingerprint density at radius 1 is 1.59 bits per heavy atom. The Bertz CT molecular complexity index is 351. The summed E-state index contributed by atoms with van der Waals surface area (Å²) < 4.78 is 1.62. The number of rotatable bonds is 6. The quantitative estimate of drug-likeness (QED) is 0.780. The van der Waals surface area contributed by atoms with Crippen molar-refractivity contribution in [2.45, 2.75) is 19.8 Å². The monoisotopic (exact) mass is 240 g/mol. The van der Waals surface area contributed by atoms with Crippen molar-refractivity contribution in [1.82, 2.24) is 14.7 Å². The van der Waals surface area contributed by atoms with E-state index in [0.29, 0.717) is 18.9 Å². The number of anilines is 1. The van der Waals surface area contributed by atoms with Gasteiger partial charge in [-0.1, -0.05) is 13.3 Å². The summed E-state index contributed by atoms with van der Waals surface area (Å²) in [5.41, 5.74) is 0. The summed E-state index contributed by atoms with van der Waals surface area (Å²) in [6.07, 6.45) is 3.70. The molecule has 6 heteroatoms. The number of carbonyl (C=O) groups excluding carboxylic acids is 1. The number of hydrogen-bond acceptors (Lipinski definition) is 3. The van der Waals surface area contributed by atoms with Crippen molar-refractivity contribution in [3.8, 4) is 0 Å². The largest absolute Gasteiger partial charge is 0.395 e. The van der Waals surface area contributed by atoms with Crippen LogP contribution in [-0.4, -0.2) is 45.5 Å². The molecule has 2 amide bonds. The molecule has 0 aliphatic heterocycles. The Labute approximate surface area is 101 Å². The van der Waals surface area contributed by atoms with Gasteiger partial charge in [-0.15, -0.1) is 0 Å². The number of carbonyl (C=O) groups is 1. The van der Waals surface area contributed by atoms with Gasteiger partial charge in [0.1, 0.15) is 0 Å². The first kappa shape index (κ1) is 13.5. The summed E-state index contributed by atoms with van der Waals surface area (Å²) in [6.45, 7) is 3.03. The molecule has 0 atom stereocenters. The van der Waals surface area contributed by atoms with Crippen LogP contribution in [0.5, 0.6) is 0 Å². The minimum absolute atomic E-state index is 0.0284. The first-order valence-electron chi connectivity index (χ1n) is 5.83. The average Bonchev–Trinajstić information content (AvgIpc) is 2.70. The van der Waals surface area contributed by atoms with Crippen molar-refractivity contribution in [3.63, 3.8) is 0 Å². The first-order chi connectivity index (χ1) is 8.17. The lowest BCUT2D eigenvalue weighted by atomic mass is 10.3. The van der Waals surface area contributed by atoms with Crippen molar-refractivity contribution >= 4 is 11.8 Å². The van der Waals surface area contributed by atoms with E-state index in [-0.39, 0.29) is 12.6 Å². The van der Waals surface area contributed by atoms with Gasteiger partial charge in [0.05, 0.1) is 6.61 Å². The highest BCUT2D eigenvalue weighted by molar-refractivity contribution is 5.88. The van der Waals surface area contributed by atoms with Crippen LogP contribution in [0.2, 0.25) is 0 Å². The Morgan fingerprint density at radius 3 is 2.88 bits per heavy atom. The topological polar surface area (TPSA) is 70.4 Å². The van der Waals surface area contributed by atoms with Crippen LogP contribution in [0.25, 0.3) is 0 Å². The number of aromatic nitrogens is 2. The van der Waals surface area contributed by atoms with Crippen molar-refractivity contribution in [1.29, 1.82) is 0 Å². The van der Waals surface area contributed by atoms with Gasteiger partial charge in [0.15, 0.2) is 5.82 Å². The minimum atomic E-state index is -0.216. The lowest BCUT2D eigenvalue weighted by Gasteiger charge is -2.21. The van der Waals surface area contributed by atoms with Crippen LogP contribution in [0.15, 0.2) is 12.3 Å². The predicted octanol–water partition coefficient (Wildman–Crippen LogP) is 1.05. The van der Waals surface area contributed by atoms with Gasteiger partial charge in [-0.05, 0) is 6.42 Å². The molecule has 0 bridgehead atoms. The Morgan fingerprint density at radius 2 is 2.35 bits per heavy atom. The number of nitrogens with one attached hydrogen (secondary N) is 1. The van der Waals surface area contributed by atoms with Gasteiger partial charge in [-0.3, -0.25) is 10.00 Å². The van der Waals surface area contributed by atoms with Gasteiger partial charge in [0, 0.05) is 32.4 Å². The lowest BCUT2D eigenvalue weighted by Crippen LogP contribution is -2.37. The number of nitrogens with zero attached hydrogens (tertiary/aromatic N) is 3. The first-order valence-corrected chi connectivity index (χ1v) is 5.83. The number of hydrogen-bond donors (Lipinski definition) is 2. The molecular weight excluding hydrogens is 220 g/mol. The van der Waals surface area contributed by atoms with E-state index in [1.807, 2.05) is 0 Å². The predicted molar refractivity (Wildman–Crippen MR) is 65.8 cm³/mol. The summed E-state index contributed by atoms with van der Waals surface area (Å²) in [4.78, 5) is 13.5. The van der Waals surface area contributed by atoms with E-state index in [4.69, 9.17) is 5.11 Å². The van der Waals surface area contributed by atoms with Crippen molar-refractivity contribution in [2.24, 2.45) is 7.05 Å². The molecule has 1 rings (SSSR count). The zero-order valence-electron chi connectivity index (χ0n) is 10.4. The van der Waals surface area contributed by atoms with E-state index < -0.39 is 0 Å². The normalized spacial score (nSPS) is 10.3. The average molecular weight is 240 g/mol. The zero-order chi connectivity index (χ0) is 12.7. The van der Waals surface area contributed by atoms with Crippen molar-refractivity contribution < 1.29 is 9.90 Å². The molecule has 0 spiro atoms. The van der Waals surface area contributed by atoms with Crippen LogP contribution in [-0.2, 0) is 7.05 Å². The lowest BCUT2D eigenvalue weighted by molar-refractivity contribution is 0.187. The Balaban J connectivity index is 2.52. The number of unbranched alkanes of at least 4 members (excludes halogenated alkanes) is 1. The second kappa shape index (κ2) is 6.90. The minimum Gasteiger partial charge on any atom is -0.395 e. The Hall–Kier alpha value is -1.56. The van der Waals surface area contributed by atoms with Crippen LogP contribution in [0.4, 0.5) is 10.6 Å². The number of amides is 2. The van der Waals surface area contributed by atoms with Crippen LogP contribution in [0.1, 0.15) is 19.8 Å². The fourth-order valence-electron chi connectivity index (χ4n) is 1.45. The van der Waals surface area contributed by atoms with Crippen molar-refractivity contribution in [2.75, 3.05) is 25.0 Å². The fraction of sp³-hybridized carbons (Fsp3) is 0.636. The number of aryl methyl sites for hydroxylation is 1. The third-order valence-electron chi connectivity index (χ3n) is 2.39. The van der Waals surface area contributed by atoms with Crippen molar-refractivity contribution in [3.05, 3.63) is 12.3 Å². The highest BCUT2D eigenvalue weighted by atomic mass is 16.3. The highest BCUT2D eigenvalue weighted by Crippen LogP contribution is 2.04. The van der Waals surface area contributed by atoms with Gasteiger partial charge in [0.2, 0.25) is 0 Å². The molecule has 0 saturated heterocycles. The van der Waals surface area contributed by atoms with Crippen LogP contribution in [0.3, 0.4) is 0 Å². The zero-order valence-corrected chi connectivity index (χ0v) is 10.4. The van der Waals surface area contributed by atoms with E-state index in [1.165, 1.54) is 0 Å². The highest BCUT2D eigenvalue weighted by Gasteiger charge is 2.13. The summed E-state index contributed by atoms with van der Waals surface area (Å²) in [7, 11) is 1.79. The molecule has 17 heavy (non-hydrogen) atoms. The SMILES string of the molecule is CCCCN(CCO)C(=O)Nc1ccn(C)n1. The molecule has 0 aliphatic rings. The maximum Gasteiger partial charge on any atom is 0.323 e. The third-order valence-corrected chi connectivity index (χ3v) is 2.39. The molecule has 0 unspecified atom stereocenters. The molecule has 0 aromatic carbocycles. The van der Waals surface area contributed by atoms with E-state index in [2.05, 4.69) is 17.3 Å². The fourth-order valence-corrected chi connectivity index (χ4v) is 1.45. The van der Waals surface area contributed by atoms with Gasteiger partial charge < -0.3 is 10.0 Å². The molecule has 1 aromatic rings. The summed E-state index contributed by atoms with van der Waals surface area (Å²) >= 11 is 0. The second-order valence-electron chi connectivity index (χ2n) is 3.87. The molecule has 96 valence electrons. The van der Waals surface area contributed by atoms with Crippen LogP contribution >= 0.6 is 0 Å². The molecule has 0 radical (unpaired) electrons. The van der Waals surface area contributed by atoms with E-state index in [9.17, 15) is 4.79 Å². The number of aliphatic hydroxyl groups excluding tert-OH is 1. The summed E-state index contributed by atoms with van der Waals surface area (Å²) in [5, 5.41) is 15.7. The molecule has 1 aromatic heterocycles. The molecule has 0 fully saturated rings. The van der Waals surface area contributed by atoms with Gasteiger partial charge >= 0.3 is 6.03 Å². The maximum absolute atomic E-state index is 11.9.